The Bertz CT molecular complexity index is 347. The summed E-state index contributed by atoms with van der Waals surface area (Å²) in [7, 11) is 0. The van der Waals surface area contributed by atoms with Crippen LogP contribution in [-0.4, -0.2) is 23.6 Å². The van der Waals surface area contributed by atoms with Gasteiger partial charge in [-0.15, -0.1) is 11.3 Å². The van der Waals surface area contributed by atoms with Crippen molar-refractivity contribution in [2.24, 2.45) is 0 Å². The molecule has 1 aromatic heterocycles. The average molecular weight is 348 g/mol. The summed E-state index contributed by atoms with van der Waals surface area (Å²) in [4.78, 5) is 1.49. The van der Waals surface area contributed by atoms with Crippen molar-refractivity contribution < 1.29 is 0 Å². The Morgan fingerprint density at radius 2 is 2.22 bits per heavy atom. The second-order valence-electron chi connectivity index (χ2n) is 4.90. The first kappa shape index (κ1) is 14.9. The minimum Gasteiger partial charge on any atom is -0.313 e. The van der Waals surface area contributed by atoms with E-state index in [2.05, 4.69) is 52.1 Å². The van der Waals surface area contributed by atoms with E-state index in [-0.39, 0.29) is 0 Å². The Balaban J connectivity index is 1.79. The number of nitrogens with one attached hydrogen (secondary N) is 1. The molecule has 1 N–H and O–H groups in total. The first-order valence-corrected chi connectivity index (χ1v) is 9.53. The summed E-state index contributed by atoms with van der Waals surface area (Å²) in [5, 5.41) is 4.57. The molecule has 0 spiro atoms. The lowest BCUT2D eigenvalue weighted by Crippen LogP contribution is -2.33. The molecule has 0 saturated heterocycles. The van der Waals surface area contributed by atoms with Gasteiger partial charge in [0.05, 0.1) is 3.79 Å². The lowest BCUT2D eigenvalue weighted by molar-refractivity contribution is 0.575. The first-order chi connectivity index (χ1) is 8.78. The minimum atomic E-state index is 0.631. The van der Waals surface area contributed by atoms with E-state index in [1.807, 2.05) is 11.3 Å². The second-order valence-corrected chi connectivity index (χ2v) is 8.79. The normalized spacial score (nSPS) is 18.3. The molecule has 0 aliphatic heterocycles. The highest BCUT2D eigenvalue weighted by Gasteiger charge is 2.18. The van der Waals surface area contributed by atoms with E-state index in [0.29, 0.717) is 6.04 Å². The van der Waals surface area contributed by atoms with Gasteiger partial charge in [-0.05, 0) is 53.9 Å². The molecule has 1 aliphatic rings. The van der Waals surface area contributed by atoms with Crippen LogP contribution in [0.25, 0.3) is 0 Å². The molecule has 0 radical (unpaired) electrons. The van der Waals surface area contributed by atoms with Crippen molar-refractivity contribution >= 4 is 39.0 Å². The average Bonchev–Trinajstić information content (AvgIpc) is 2.98. The fourth-order valence-electron chi connectivity index (χ4n) is 2.49. The maximum absolute atomic E-state index is 3.63. The quantitative estimate of drug-likeness (QED) is 0.766. The highest BCUT2D eigenvalue weighted by Crippen LogP contribution is 2.30. The van der Waals surface area contributed by atoms with E-state index in [1.54, 1.807) is 0 Å². The summed E-state index contributed by atoms with van der Waals surface area (Å²) in [5.41, 5.74) is 0. The van der Waals surface area contributed by atoms with Gasteiger partial charge in [-0.2, -0.15) is 11.8 Å². The molecule has 1 aliphatic carbocycles. The summed E-state index contributed by atoms with van der Waals surface area (Å²) >= 11 is 7.60. The maximum atomic E-state index is 3.63. The molecule has 1 nitrogen and oxygen atoms in total. The third-order valence-corrected chi connectivity index (χ3v) is 6.59. The van der Waals surface area contributed by atoms with Crippen LogP contribution in [0.1, 0.15) is 37.5 Å². The molecule has 1 aromatic rings. The number of thioether (sulfide) groups is 1. The van der Waals surface area contributed by atoms with E-state index >= 15 is 0 Å². The highest BCUT2D eigenvalue weighted by molar-refractivity contribution is 9.11. The predicted octanol–water partition coefficient (Wildman–Crippen LogP) is 4.71. The Morgan fingerprint density at radius 1 is 1.44 bits per heavy atom. The van der Waals surface area contributed by atoms with Crippen LogP contribution in [-0.2, 0) is 6.42 Å². The van der Waals surface area contributed by atoms with Crippen molar-refractivity contribution in [3.63, 3.8) is 0 Å². The van der Waals surface area contributed by atoms with Crippen molar-refractivity contribution in [1.29, 1.82) is 0 Å². The minimum absolute atomic E-state index is 0.631. The molecule has 4 heteroatoms. The summed E-state index contributed by atoms with van der Waals surface area (Å²) in [6.07, 6.45) is 6.94. The van der Waals surface area contributed by atoms with Crippen LogP contribution in [0.3, 0.4) is 0 Å². The van der Waals surface area contributed by atoms with E-state index in [1.165, 1.54) is 46.5 Å². The Hall–Kier alpha value is 0.490. The van der Waals surface area contributed by atoms with Gasteiger partial charge in [0.2, 0.25) is 0 Å². The van der Waals surface area contributed by atoms with Crippen LogP contribution in [0.15, 0.2) is 15.9 Å². The molecule has 0 aromatic carbocycles. The number of hydrogen-bond donors (Lipinski definition) is 1. The largest absolute Gasteiger partial charge is 0.313 e. The number of hydrogen-bond acceptors (Lipinski definition) is 3. The SMILES string of the molecule is CCNC(CSC1CCCC1)Cc1ccc(Br)s1. The fourth-order valence-corrected chi connectivity index (χ4v) is 5.46. The predicted molar refractivity (Wildman–Crippen MR) is 87.9 cm³/mol. The smallest absolute Gasteiger partial charge is 0.0701 e. The van der Waals surface area contributed by atoms with Crippen molar-refractivity contribution in [3.05, 3.63) is 20.8 Å². The second kappa shape index (κ2) is 7.93. The Morgan fingerprint density at radius 3 is 2.83 bits per heavy atom. The van der Waals surface area contributed by atoms with Crippen LogP contribution in [0.5, 0.6) is 0 Å². The molecule has 1 atom stereocenters. The van der Waals surface area contributed by atoms with Gasteiger partial charge in [0.15, 0.2) is 0 Å². The van der Waals surface area contributed by atoms with Gasteiger partial charge in [-0.1, -0.05) is 19.8 Å². The van der Waals surface area contributed by atoms with Gasteiger partial charge in [-0.25, -0.2) is 0 Å². The summed E-state index contributed by atoms with van der Waals surface area (Å²) < 4.78 is 1.25. The monoisotopic (exact) mass is 347 g/mol. The fraction of sp³-hybridized carbons (Fsp3) is 0.714. The van der Waals surface area contributed by atoms with Gasteiger partial charge >= 0.3 is 0 Å². The topological polar surface area (TPSA) is 12.0 Å². The molecule has 1 fully saturated rings. The lowest BCUT2D eigenvalue weighted by atomic mass is 10.2. The van der Waals surface area contributed by atoms with Crippen molar-refractivity contribution in [3.8, 4) is 0 Å². The zero-order valence-corrected chi connectivity index (χ0v) is 14.2. The number of thiophene rings is 1. The van der Waals surface area contributed by atoms with Crippen LogP contribution in [0.2, 0.25) is 0 Å². The highest BCUT2D eigenvalue weighted by atomic mass is 79.9. The van der Waals surface area contributed by atoms with Gasteiger partial charge in [0.25, 0.3) is 0 Å². The number of likely N-dealkylation sites (N-methyl/N-ethyl adjacent to an activating group) is 1. The van der Waals surface area contributed by atoms with E-state index in [4.69, 9.17) is 0 Å². The Labute approximate surface area is 127 Å². The van der Waals surface area contributed by atoms with Gasteiger partial charge in [0.1, 0.15) is 0 Å². The zero-order chi connectivity index (χ0) is 12.8. The van der Waals surface area contributed by atoms with E-state index < -0.39 is 0 Å². The number of rotatable bonds is 7. The van der Waals surface area contributed by atoms with Gasteiger partial charge in [0, 0.05) is 21.9 Å². The maximum Gasteiger partial charge on any atom is 0.0701 e. The molecule has 0 bridgehead atoms. The van der Waals surface area contributed by atoms with Crippen LogP contribution in [0, 0.1) is 0 Å². The molecule has 2 rings (SSSR count). The molecule has 102 valence electrons. The lowest BCUT2D eigenvalue weighted by Gasteiger charge is -2.19. The molecule has 0 amide bonds. The molecular weight excluding hydrogens is 326 g/mol. The summed E-state index contributed by atoms with van der Waals surface area (Å²) in [6.45, 7) is 3.28. The van der Waals surface area contributed by atoms with Crippen molar-refractivity contribution in [1.82, 2.24) is 5.32 Å². The van der Waals surface area contributed by atoms with Gasteiger partial charge < -0.3 is 5.32 Å². The van der Waals surface area contributed by atoms with Crippen LogP contribution >= 0.6 is 39.0 Å². The van der Waals surface area contributed by atoms with E-state index in [9.17, 15) is 0 Å². The molecule has 18 heavy (non-hydrogen) atoms. The standard InChI is InChI=1S/C14H22BrNS2/c1-2-16-11(9-13-7-8-14(15)18-13)10-17-12-5-3-4-6-12/h7-8,11-12,16H,2-6,9-10H2,1H3. The third-order valence-electron chi connectivity index (χ3n) is 3.40. The molecule has 1 saturated carbocycles. The number of halogens is 1. The molecular formula is C14H22BrNS2. The third kappa shape index (κ3) is 4.87. The Kier molecular flexibility index (Phi) is 6.56. The molecule has 1 unspecified atom stereocenters. The van der Waals surface area contributed by atoms with Crippen LogP contribution in [0.4, 0.5) is 0 Å². The van der Waals surface area contributed by atoms with Crippen molar-refractivity contribution in [2.75, 3.05) is 12.3 Å². The van der Waals surface area contributed by atoms with E-state index in [0.717, 1.165) is 11.8 Å². The molecule has 1 heterocycles. The van der Waals surface area contributed by atoms with Crippen LogP contribution < -0.4 is 5.32 Å². The summed E-state index contributed by atoms with van der Waals surface area (Å²) in [6, 6.07) is 5.04. The first-order valence-electron chi connectivity index (χ1n) is 6.87. The van der Waals surface area contributed by atoms with Crippen molar-refractivity contribution in [2.45, 2.75) is 50.3 Å². The zero-order valence-electron chi connectivity index (χ0n) is 11.0. The summed E-state index contributed by atoms with van der Waals surface area (Å²) in [5.74, 6) is 1.26. The van der Waals surface area contributed by atoms with Gasteiger partial charge in [-0.3, -0.25) is 0 Å².